The van der Waals surface area contributed by atoms with E-state index in [9.17, 15) is 9.18 Å². The highest BCUT2D eigenvalue weighted by Gasteiger charge is 2.12. The number of hydrogen-bond donors (Lipinski definition) is 2. The Kier molecular flexibility index (Phi) is 4.25. The van der Waals surface area contributed by atoms with Crippen LogP contribution >= 0.6 is 0 Å². The van der Waals surface area contributed by atoms with Crippen LogP contribution in [-0.2, 0) is 9.53 Å². The van der Waals surface area contributed by atoms with E-state index in [-0.39, 0.29) is 11.6 Å². The number of anilines is 2. The van der Waals surface area contributed by atoms with Crippen molar-refractivity contribution in [2.75, 3.05) is 17.7 Å². The molecule has 1 rings (SSSR count). The molecule has 1 amide bonds. The minimum Gasteiger partial charge on any atom is -0.396 e. The zero-order valence-electron chi connectivity index (χ0n) is 9.29. The normalized spacial score (nSPS) is 12.2. The molecule has 0 radical (unpaired) electrons. The Hall–Kier alpha value is -1.62. The summed E-state index contributed by atoms with van der Waals surface area (Å²) in [5, 5.41) is 2.58. The van der Waals surface area contributed by atoms with E-state index in [2.05, 4.69) is 5.32 Å². The zero-order valence-corrected chi connectivity index (χ0v) is 9.29. The maximum atomic E-state index is 12.9. The van der Waals surface area contributed by atoms with Gasteiger partial charge >= 0.3 is 0 Å². The molecule has 1 aromatic rings. The van der Waals surface area contributed by atoms with Gasteiger partial charge in [-0.15, -0.1) is 0 Å². The van der Waals surface area contributed by atoms with Crippen molar-refractivity contribution in [3.8, 4) is 0 Å². The molecule has 0 aliphatic carbocycles. The van der Waals surface area contributed by atoms with Crippen molar-refractivity contribution < 1.29 is 13.9 Å². The molecule has 0 aromatic heterocycles. The number of nitrogen functional groups attached to an aromatic ring is 1. The van der Waals surface area contributed by atoms with Crippen molar-refractivity contribution in [2.24, 2.45) is 0 Å². The fourth-order valence-corrected chi connectivity index (χ4v) is 1.19. The molecule has 0 bridgehead atoms. The number of nitrogens with one attached hydrogen (secondary N) is 1. The maximum absolute atomic E-state index is 12.9. The van der Waals surface area contributed by atoms with Gasteiger partial charge in [0.25, 0.3) is 5.91 Å². The van der Waals surface area contributed by atoms with Crippen molar-refractivity contribution in [2.45, 2.75) is 20.0 Å². The highest BCUT2D eigenvalue weighted by molar-refractivity contribution is 5.94. The van der Waals surface area contributed by atoms with Crippen LogP contribution in [0, 0.1) is 5.82 Å². The lowest BCUT2D eigenvalue weighted by Crippen LogP contribution is -2.27. The summed E-state index contributed by atoms with van der Waals surface area (Å²) in [4.78, 5) is 11.5. The van der Waals surface area contributed by atoms with Crippen molar-refractivity contribution >= 4 is 17.3 Å². The Labute approximate surface area is 93.6 Å². The average molecular weight is 226 g/mol. The van der Waals surface area contributed by atoms with Gasteiger partial charge < -0.3 is 15.8 Å². The summed E-state index contributed by atoms with van der Waals surface area (Å²) in [7, 11) is 0. The van der Waals surface area contributed by atoms with E-state index in [4.69, 9.17) is 10.5 Å². The Bertz CT molecular complexity index is 382. The van der Waals surface area contributed by atoms with Crippen LogP contribution in [0.5, 0.6) is 0 Å². The molecule has 1 unspecified atom stereocenters. The molecule has 0 aliphatic heterocycles. The Balaban J connectivity index is 2.66. The molecule has 0 fully saturated rings. The second-order valence-corrected chi connectivity index (χ2v) is 3.32. The molecule has 0 heterocycles. The fourth-order valence-electron chi connectivity index (χ4n) is 1.19. The van der Waals surface area contributed by atoms with Gasteiger partial charge in [0.05, 0.1) is 5.69 Å². The third kappa shape index (κ3) is 3.20. The molecule has 88 valence electrons. The molecule has 3 N–H and O–H groups in total. The third-order valence-corrected chi connectivity index (χ3v) is 2.05. The van der Waals surface area contributed by atoms with Gasteiger partial charge in [-0.3, -0.25) is 4.79 Å². The van der Waals surface area contributed by atoms with E-state index >= 15 is 0 Å². The molecule has 1 aromatic carbocycles. The van der Waals surface area contributed by atoms with Crippen molar-refractivity contribution in [3.63, 3.8) is 0 Å². The molecule has 1 atom stereocenters. The van der Waals surface area contributed by atoms with Gasteiger partial charge in [0.1, 0.15) is 11.9 Å². The predicted octanol–water partition coefficient (Wildman–Crippen LogP) is 1.77. The number of halogens is 1. The Morgan fingerprint density at radius 1 is 1.62 bits per heavy atom. The number of nitrogens with two attached hydrogens (primary N) is 1. The van der Waals surface area contributed by atoms with Gasteiger partial charge in [0, 0.05) is 12.3 Å². The highest BCUT2D eigenvalue weighted by Crippen LogP contribution is 2.16. The van der Waals surface area contributed by atoms with Crippen LogP contribution in [0.15, 0.2) is 18.2 Å². The van der Waals surface area contributed by atoms with Gasteiger partial charge in [-0.1, -0.05) is 0 Å². The first-order valence-electron chi connectivity index (χ1n) is 5.02. The largest absolute Gasteiger partial charge is 0.396 e. The standard InChI is InChI=1S/C11H15FN2O2/c1-3-16-7(2)11(15)14-8-4-5-9(12)10(13)6-8/h4-7H,3,13H2,1-2H3,(H,14,15). The van der Waals surface area contributed by atoms with Crippen LogP contribution in [0.3, 0.4) is 0 Å². The Morgan fingerprint density at radius 2 is 2.31 bits per heavy atom. The Morgan fingerprint density at radius 3 is 2.88 bits per heavy atom. The van der Waals surface area contributed by atoms with Crippen molar-refractivity contribution in [1.29, 1.82) is 0 Å². The van der Waals surface area contributed by atoms with Crippen LogP contribution < -0.4 is 11.1 Å². The number of rotatable bonds is 4. The molecule has 16 heavy (non-hydrogen) atoms. The van der Waals surface area contributed by atoms with Crippen molar-refractivity contribution in [3.05, 3.63) is 24.0 Å². The number of hydrogen-bond acceptors (Lipinski definition) is 3. The number of ether oxygens (including phenoxy) is 1. The molecular formula is C11H15FN2O2. The van der Waals surface area contributed by atoms with Crippen LogP contribution in [0.25, 0.3) is 0 Å². The van der Waals surface area contributed by atoms with E-state index in [1.165, 1.54) is 18.2 Å². The minimum atomic E-state index is -0.545. The van der Waals surface area contributed by atoms with E-state index < -0.39 is 11.9 Å². The predicted molar refractivity (Wildman–Crippen MR) is 60.5 cm³/mol. The summed E-state index contributed by atoms with van der Waals surface area (Å²) in [5.41, 5.74) is 5.83. The lowest BCUT2D eigenvalue weighted by molar-refractivity contribution is -0.126. The minimum absolute atomic E-state index is 0.00172. The highest BCUT2D eigenvalue weighted by atomic mass is 19.1. The molecule has 4 nitrogen and oxygen atoms in total. The number of amides is 1. The summed E-state index contributed by atoms with van der Waals surface area (Å²) >= 11 is 0. The average Bonchev–Trinajstić information content (AvgIpc) is 2.24. The topological polar surface area (TPSA) is 64.3 Å². The molecular weight excluding hydrogens is 211 g/mol. The lowest BCUT2D eigenvalue weighted by Gasteiger charge is -2.12. The first kappa shape index (κ1) is 12.4. The van der Waals surface area contributed by atoms with E-state index in [0.29, 0.717) is 12.3 Å². The van der Waals surface area contributed by atoms with Crippen LogP contribution in [0.2, 0.25) is 0 Å². The second-order valence-electron chi connectivity index (χ2n) is 3.32. The summed E-state index contributed by atoms with van der Waals surface area (Å²) in [6, 6.07) is 4.02. The maximum Gasteiger partial charge on any atom is 0.253 e. The number of carbonyl (C=O) groups is 1. The number of carbonyl (C=O) groups excluding carboxylic acids is 1. The van der Waals surface area contributed by atoms with Gasteiger partial charge in [0.15, 0.2) is 0 Å². The van der Waals surface area contributed by atoms with Crippen LogP contribution in [0.4, 0.5) is 15.8 Å². The van der Waals surface area contributed by atoms with Crippen LogP contribution in [0.1, 0.15) is 13.8 Å². The summed E-state index contributed by atoms with van der Waals surface area (Å²) in [6.07, 6.45) is -0.545. The zero-order chi connectivity index (χ0) is 12.1. The summed E-state index contributed by atoms with van der Waals surface area (Å²) in [5.74, 6) is -0.788. The van der Waals surface area contributed by atoms with E-state index in [1.807, 2.05) is 0 Å². The second kappa shape index (κ2) is 5.46. The van der Waals surface area contributed by atoms with Gasteiger partial charge in [0.2, 0.25) is 0 Å². The third-order valence-electron chi connectivity index (χ3n) is 2.05. The summed E-state index contributed by atoms with van der Waals surface area (Å²) < 4.78 is 18.0. The first-order valence-corrected chi connectivity index (χ1v) is 5.02. The first-order chi connectivity index (χ1) is 7.54. The molecule has 0 spiro atoms. The SMILES string of the molecule is CCOC(C)C(=O)Nc1ccc(F)c(N)c1. The molecule has 0 saturated carbocycles. The van der Waals surface area contributed by atoms with E-state index in [1.54, 1.807) is 13.8 Å². The smallest absolute Gasteiger partial charge is 0.253 e. The quantitative estimate of drug-likeness (QED) is 0.769. The molecule has 0 aliphatic rings. The van der Waals surface area contributed by atoms with E-state index in [0.717, 1.165) is 0 Å². The van der Waals surface area contributed by atoms with Gasteiger partial charge in [-0.25, -0.2) is 4.39 Å². The molecule has 0 saturated heterocycles. The van der Waals surface area contributed by atoms with Gasteiger partial charge in [-0.2, -0.15) is 0 Å². The summed E-state index contributed by atoms with van der Waals surface area (Å²) in [6.45, 7) is 3.91. The fraction of sp³-hybridized carbons (Fsp3) is 0.364. The number of benzene rings is 1. The van der Waals surface area contributed by atoms with Crippen molar-refractivity contribution in [1.82, 2.24) is 0 Å². The van der Waals surface area contributed by atoms with Crippen LogP contribution in [-0.4, -0.2) is 18.6 Å². The monoisotopic (exact) mass is 226 g/mol. The molecule has 5 heteroatoms. The van der Waals surface area contributed by atoms with Gasteiger partial charge in [-0.05, 0) is 32.0 Å². The lowest BCUT2D eigenvalue weighted by atomic mass is 10.2.